The van der Waals surface area contributed by atoms with Gasteiger partial charge in [0.15, 0.2) is 23.2 Å². The van der Waals surface area contributed by atoms with Crippen molar-refractivity contribution in [2.24, 2.45) is 17.6 Å². The van der Waals surface area contributed by atoms with Crippen molar-refractivity contribution in [2.45, 2.75) is 104 Å². The van der Waals surface area contributed by atoms with Gasteiger partial charge in [-0.1, -0.05) is 64.1 Å². The number of benzene rings is 3. The third-order valence-electron chi connectivity index (χ3n) is 12.2. The number of ketones is 3. The molecule has 14 nitrogen and oxygen atoms in total. The lowest BCUT2D eigenvalue weighted by Crippen LogP contribution is -2.50. The first-order valence-corrected chi connectivity index (χ1v) is 21.9. The maximum absolute atomic E-state index is 14.8. The molecule has 0 radical (unpaired) electrons. The van der Waals surface area contributed by atoms with Crippen molar-refractivity contribution in [1.82, 2.24) is 25.5 Å². The number of nitrogens with one attached hydrogen (secondary N) is 2. The zero-order chi connectivity index (χ0) is 46.5. The SMILES string of the molecule is Cc1nc(-c2ccc(C(C)(C)C)cc2)nc(C)c1C(=O)C[C@@H](CCN)C(=O)N(C)[C@@H]1C(=O)C[C@@H](C)C(=O)N[C@H](C(=O)CCC#N)Cc2ccc(O)c(c2)-c2cc1ccc2OC1CNC1. The summed E-state index contributed by atoms with van der Waals surface area (Å²) in [4.78, 5) is 81.5. The number of phenolic OH excluding ortho intramolecular Hbond substituents is 1. The molecule has 2 amide bonds. The summed E-state index contributed by atoms with van der Waals surface area (Å²) in [5, 5.41) is 26.5. The van der Waals surface area contributed by atoms with Crippen LogP contribution in [0.25, 0.3) is 22.5 Å². The number of aromatic nitrogens is 2. The third-order valence-corrected chi connectivity index (χ3v) is 12.2. The number of hydrogen-bond donors (Lipinski definition) is 4. The average molecular weight is 870 g/mol. The van der Waals surface area contributed by atoms with Crippen LogP contribution < -0.4 is 21.1 Å². The minimum Gasteiger partial charge on any atom is -0.507 e. The van der Waals surface area contributed by atoms with Crippen LogP contribution in [0.5, 0.6) is 11.5 Å². The van der Waals surface area contributed by atoms with Crippen LogP contribution in [0.15, 0.2) is 60.7 Å². The van der Waals surface area contributed by atoms with Crippen LogP contribution in [0.1, 0.15) is 104 Å². The number of nitriles is 1. The summed E-state index contributed by atoms with van der Waals surface area (Å²) in [6.45, 7) is 12.8. The van der Waals surface area contributed by atoms with Crippen LogP contribution in [0.2, 0.25) is 0 Å². The number of carbonyl (C=O) groups is 5. The number of rotatable bonds is 13. The van der Waals surface area contributed by atoms with Gasteiger partial charge in [0.25, 0.3) is 0 Å². The van der Waals surface area contributed by atoms with Crippen LogP contribution in [0.3, 0.4) is 0 Å². The zero-order valence-electron chi connectivity index (χ0n) is 37.8. The summed E-state index contributed by atoms with van der Waals surface area (Å²) >= 11 is 0. The van der Waals surface area contributed by atoms with Gasteiger partial charge in [0.1, 0.15) is 23.6 Å². The smallest absolute Gasteiger partial charge is 0.226 e. The molecule has 4 atom stereocenters. The van der Waals surface area contributed by atoms with E-state index in [0.717, 1.165) is 5.56 Å². The lowest BCUT2D eigenvalue weighted by molar-refractivity contribution is -0.142. The van der Waals surface area contributed by atoms with Crippen molar-refractivity contribution >= 4 is 29.2 Å². The van der Waals surface area contributed by atoms with Crippen molar-refractivity contribution < 1.29 is 33.8 Å². The van der Waals surface area contributed by atoms with Crippen LogP contribution in [-0.2, 0) is 31.0 Å². The highest BCUT2D eigenvalue weighted by Crippen LogP contribution is 2.41. The summed E-state index contributed by atoms with van der Waals surface area (Å²) in [5.41, 5.74) is 11.1. The van der Waals surface area contributed by atoms with Crippen molar-refractivity contribution in [1.29, 1.82) is 5.26 Å². The lowest BCUT2D eigenvalue weighted by atomic mass is 9.86. The number of hydrogen-bond acceptors (Lipinski definition) is 12. The second-order valence-corrected chi connectivity index (χ2v) is 18.1. The average Bonchev–Trinajstić information content (AvgIpc) is 3.23. The molecule has 4 bridgehead atoms. The van der Waals surface area contributed by atoms with Crippen molar-refractivity contribution in [3.05, 3.63) is 94.3 Å². The standard InChI is InChI=1S/C50H59N7O7/c1-28-21-43(61)46(57(7)49(63)34(18-20-52)25-42(60)45-29(2)54-47(55-30(45)3)32-11-14-35(15-12-32)50(4,5)6)33-13-17-44(64-36-26-53-27-36)38(24-33)37-22-31(10-16-40(37)58)23-39(56-48(28)62)41(59)9-8-19-51/h10-17,22,24,28,34,36,39,46,53,58H,8-9,18,20-21,23,25-27,52H2,1-7H3,(H,56,62)/t28-,34-,39+,46+/m1/s1. The summed E-state index contributed by atoms with van der Waals surface area (Å²) in [5.74, 6) is -3.21. The normalized spacial score (nSPS) is 18.5. The topological polar surface area (TPSA) is 218 Å². The van der Waals surface area contributed by atoms with E-state index in [1.165, 1.54) is 23.6 Å². The molecule has 1 fully saturated rings. The van der Waals surface area contributed by atoms with E-state index in [9.17, 15) is 34.3 Å². The van der Waals surface area contributed by atoms with Crippen LogP contribution in [0.4, 0.5) is 0 Å². The molecule has 64 heavy (non-hydrogen) atoms. The number of likely N-dealkylation sites (N-methyl/N-ethyl adjacent to an activating group) is 1. The van der Waals surface area contributed by atoms with E-state index < -0.39 is 41.5 Å². The molecule has 1 aromatic heterocycles. The second-order valence-electron chi connectivity index (χ2n) is 18.1. The number of phenols is 1. The number of aryl methyl sites for hydroxylation is 2. The molecule has 0 saturated carbocycles. The van der Waals surface area contributed by atoms with E-state index in [2.05, 4.69) is 31.4 Å². The minimum atomic E-state index is -1.24. The number of ether oxygens (including phenoxy) is 1. The molecule has 4 aromatic rings. The molecule has 3 aromatic carbocycles. The van der Waals surface area contributed by atoms with Gasteiger partial charge in [0.2, 0.25) is 11.8 Å². The van der Waals surface area contributed by atoms with Gasteiger partial charge in [-0.25, -0.2) is 9.97 Å². The van der Waals surface area contributed by atoms with Gasteiger partial charge in [-0.05, 0) is 79.6 Å². The predicted octanol–water partition coefficient (Wildman–Crippen LogP) is 6.03. The van der Waals surface area contributed by atoms with E-state index in [-0.39, 0.29) is 73.9 Å². The number of nitrogens with two attached hydrogens (primary N) is 1. The molecule has 0 aliphatic carbocycles. The van der Waals surface area contributed by atoms with Gasteiger partial charge in [0, 0.05) is 74.3 Å². The molecule has 0 spiro atoms. The van der Waals surface area contributed by atoms with Gasteiger partial charge in [-0.3, -0.25) is 24.0 Å². The monoisotopic (exact) mass is 869 g/mol. The Morgan fingerprint density at radius 3 is 2.28 bits per heavy atom. The number of Topliss-reactive ketones (excluding diaryl/α,β-unsaturated/α-hetero) is 3. The van der Waals surface area contributed by atoms with Crippen molar-refractivity contribution in [3.8, 4) is 40.1 Å². The minimum absolute atomic E-state index is 0.0276. The third kappa shape index (κ3) is 10.7. The number of nitrogens with zero attached hydrogens (tertiary/aromatic N) is 4. The zero-order valence-corrected chi connectivity index (χ0v) is 37.8. The van der Waals surface area contributed by atoms with Gasteiger partial charge in [-0.2, -0.15) is 5.26 Å². The number of carbonyl (C=O) groups excluding carboxylic acids is 5. The maximum Gasteiger partial charge on any atom is 0.226 e. The Bertz CT molecular complexity index is 2440. The first kappa shape index (κ1) is 47.2. The highest BCUT2D eigenvalue weighted by Gasteiger charge is 2.37. The molecule has 6 rings (SSSR count). The predicted molar refractivity (Wildman–Crippen MR) is 242 cm³/mol. The summed E-state index contributed by atoms with van der Waals surface area (Å²) in [6.07, 6.45) is -0.569. The Morgan fingerprint density at radius 2 is 1.67 bits per heavy atom. The summed E-state index contributed by atoms with van der Waals surface area (Å²) < 4.78 is 6.37. The Labute approximate surface area is 375 Å². The Balaban J connectivity index is 1.36. The number of aromatic hydroxyl groups is 1. The fraction of sp³-hybridized carbons (Fsp3) is 0.440. The molecule has 3 heterocycles. The van der Waals surface area contributed by atoms with Crippen molar-refractivity contribution in [3.63, 3.8) is 0 Å². The van der Waals surface area contributed by atoms with E-state index in [4.69, 9.17) is 20.4 Å². The Kier molecular flexibility index (Phi) is 14.8. The first-order chi connectivity index (χ1) is 30.4. The Hall–Kier alpha value is -6.30. The van der Waals surface area contributed by atoms with Crippen LogP contribution in [0, 0.1) is 37.0 Å². The molecule has 2 aliphatic heterocycles. The molecule has 336 valence electrons. The highest BCUT2D eigenvalue weighted by atomic mass is 16.5. The fourth-order valence-electron chi connectivity index (χ4n) is 8.39. The highest BCUT2D eigenvalue weighted by molar-refractivity contribution is 6.01. The summed E-state index contributed by atoms with van der Waals surface area (Å²) in [7, 11) is 1.50. The van der Waals surface area contributed by atoms with E-state index in [0.29, 0.717) is 63.9 Å². The molecular weight excluding hydrogens is 811 g/mol. The van der Waals surface area contributed by atoms with E-state index in [1.54, 1.807) is 51.1 Å². The lowest BCUT2D eigenvalue weighted by Gasteiger charge is -2.33. The number of fused-ring (bicyclic) bond motifs is 5. The van der Waals surface area contributed by atoms with Gasteiger partial charge in [0.05, 0.1) is 29.1 Å². The first-order valence-electron chi connectivity index (χ1n) is 21.9. The van der Waals surface area contributed by atoms with E-state index >= 15 is 0 Å². The quantitative estimate of drug-likeness (QED) is 0.113. The molecule has 1 saturated heterocycles. The van der Waals surface area contributed by atoms with Gasteiger partial charge in [-0.15, -0.1) is 0 Å². The molecule has 2 aliphatic rings. The molecule has 5 N–H and O–H groups in total. The van der Waals surface area contributed by atoms with Gasteiger partial charge < -0.3 is 31.1 Å². The molecular formula is C50H59N7O7. The number of amides is 2. The fourth-order valence-corrected chi connectivity index (χ4v) is 8.39. The largest absolute Gasteiger partial charge is 0.507 e. The second kappa shape index (κ2) is 20.0. The molecule has 14 heteroatoms. The summed E-state index contributed by atoms with van der Waals surface area (Å²) in [6, 6.07) is 17.7. The van der Waals surface area contributed by atoms with Crippen LogP contribution in [-0.4, -0.2) is 88.0 Å². The van der Waals surface area contributed by atoms with Crippen molar-refractivity contribution in [2.75, 3.05) is 26.7 Å². The van der Waals surface area contributed by atoms with E-state index in [1.807, 2.05) is 30.3 Å². The van der Waals surface area contributed by atoms with Crippen LogP contribution >= 0.6 is 0 Å². The van der Waals surface area contributed by atoms with Gasteiger partial charge >= 0.3 is 0 Å². The molecule has 0 unspecified atom stereocenters. The Morgan fingerprint density at radius 1 is 0.984 bits per heavy atom. The maximum atomic E-state index is 14.8.